The maximum Gasteiger partial charge on any atom is 0.219 e. The van der Waals surface area contributed by atoms with Gasteiger partial charge in [-0.3, -0.25) is 9.48 Å². The molecule has 1 saturated heterocycles. The van der Waals surface area contributed by atoms with Crippen molar-refractivity contribution in [2.24, 2.45) is 0 Å². The number of carbonyl (C=O) groups excluding carboxylic acids is 1. The van der Waals surface area contributed by atoms with Crippen molar-refractivity contribution in [1.82, 2.24) is 14.7 Å². The fraction of sp³-hybridized carbons (Fsp3) is 0.778. The van der Waals surface area contributed by atoms with Crippen LogP contribution in [0.4, 0.5) is 0 Å². The number of rotatable bonds is 1. The van der Waals surface area contributed by atoms with Gasteiger partial charge in [0, 0.05) is 31.1 Å². The molecule has 1 amide bonds. The van der Waals surface area contributed by atoms with Crippen LogP contribution in [-0.4, -0.2) is 33.7 Å². The van der Waals surface area contributed by atoms with Crippen LogP contribution in [0.3, 0.4) is 0 Å². The molecular weight excluding hydrogens is 274 g/mol. The summed E-state index contributed by atoms with van der Waals surface area (Å²) < 4.78 is 2.25. The van der Waals surface area contributed by atoms with E-state index in [1.807, 2.05) is 4.90 Å². The molecule has 0 unspecified atom stereocenters. The Labute approximate surface area is 134 Å². The van der Waals surface area contributed by atoms with Crippen LogP contribution in [0.1, 0.15) is 78.6 Å². The molecule has 1 fully saturated rings. The summed E-state index contributed by atoms with van der Waals surface area (Å²) in [5.74, 6) is 0.186. The van der Waals surface area contributed by atoms with E-state index in [-0.39, 0.29) is 16.7 Å². The largest absolute Gasteiger partial charge is 0.343 e. The van der Waals surface area contributed by atoms with Gasteiger partial charge in [0.2, 0.25) is 5.91 Å². The quantitative estimate of drug-likeness (QED) is 0.794. The van der Waals surface area contributed by atoms with E-state index in [1.54, 1.807) is 6.92 Å². The van der Waals surface area contributed by atoms with E-state index < -0.39 is 0 Å². The smallest absolute Gasteiger partial charge is 0.219 e. The molecule has 4 nitrogen and oxygen atoms in total. The van der Waals surface area contributed by atoms with Crippen LogP contribution in [0.25, 0.3) is 0 Å². The van der Waals surface area contributed by atoms with E-state index in [0.29, 0.717) is 6.04 Å². The van der Waals surface area contributed by atoms with Crippen LogP contribution >= 0.6 is 0 Å². The van der Waals surface area contributed by atoms with Crippen LogP contribution in [0.5, 0.6) is 0 Å². The lowest BCUT2D eigenvalue weighted by atomic mass is 9.79. The van der Waals surface area contributed by atoms with Gasteiger partial charge in [0.25, 0.3) is 0 Å². The fourth-order valence-electron chi connectivity index (χ4n) is 3.36. The predicted octanol–water partition coefficient (Wildman–Crippen LogP) is 3.66. The first-order chi connectivity index (χ1) is 10.0. The fourth-order valence-corrected chi connectivity index (χ4v) is 3.36. The highest BCUT2D eigenvalue weighted by Gasteiger charge is 2.33. The molecule has 2 heterocycles. The summed E-state index contributed by atoms with van der Waals surface area (Å²) in [7, 11) is 0. The van der Waals surface area contributed by atoms with Crippen molar-refractivity contribution in [3.05, 3.63) is 17.5 Å². The zero-order valence-corrected chi connectivity index (χ0v) is 15.2. The number of nitrogens with zero attached hydrogens (tertiary/aromatic N) is 3. The average molecular weight is 305 g/mol. The number of piperidine rings is 1. The molecule has 0 bridgehead atoms. The monoisotopic (exact) mass is 305 g/mol. The Morgan fingerprint density at radius 2 is 1.64 bits per heavy atom. The second-order valence-electron chi connectivity index (χ2n) is 8.59. The van der Waals surface area contributed by atoms with E-state index >= 15 is 0 Å². The molecule has 1 aliphatic heterocycles. The van der Waals surface area contributed by atoms with Crippen molar-refractivity contribution in [3.8, 4) is 0 Å². The van der Waals surface area contributed by atoms with E-state index in [4.69, 9.17) is 5.10 Å². The molecule has 0 aliphatic carbocycles. The second-order valence-corrected chi connectivity index (χ2v) is 8.59. The highest BCUT2D eigenvalue weighted by molar-refractivity contribution is 5.73. The summed E-state index contributed by atoms with van der Waals surface area (Å²) in [5.41, 5.74) is 2.85. The normalized spacial score (nSPS) is 17.9. The SMILES string of the molecule is CC(=O)N1CCC(n2ncc(C(C)(C)C)c2C(C)(C)C)CC1. The predicted molar refractivity (Wildman–Crippen MR) is 90.2 cm³/mol. The molecule has 0 atom stereocenters. The van der Waals surface area contributed by atoms with Gasteiger partial charge in [-0.15, -0.1) is 0 Å². The lowest BCUT2D eigenvalue weighted by Crippen LogP contribution is -2.39. The zero-order valence-electron chi connectivity index (χ0n) is 15.2. The topological polar surface area (TPSA) is 38.1 Å². The van der Waals surface area contributed by atoms with Crippen molar-refractivity contribution >= 4 is 5.91 Å². The van der Waals surface area contributed by atoms with Crippen molar-refractivity contribution in [2.75, 3.05) is 13.1 Å². The molecule has 0 saturated carbocycles. The van der Waals surface area contributed by atoms with Crippen LogP contribution in [-0.2, 0) is 15.6 Å². The maximum atomic E-state index is 11.5. The molecule has 2 rings (SSSR count). The van der Waals surface area contributed by atoms with Crippen molar-refractivity contribution < 1.29 is 4.79 Å². The molecule has 1 aliphatic rings. The lowest BCUT2D eigenvalue weighted by molar-refractivity contribution is -0.130. The molecule has 124 valence electrons. The minimum absolute atomic E-state index is 0.0663. The Hall–Kier alpha value is -1.32. The zero-order chi connectivity index (χ0) is 16.7. The number of amides is 1. The first-order valence-electron chi connectivity index (χ1n) is 8.36. The number of likely N-dealkylation sites (tertiary alicyclic amines) is 1. The average Bonchev–Trinajstić information content (AvgIpc) is 2.83. The van der Waals surface area contributed by atoms with Gasteiger partial charge >= 0.3 is 0 Å². The highest BCUT2D eigenvalue weighted by Crippen LogP contribution is 2.37. The Morgan fingerprint density at radius 3 is 2.05 bits per heavy atom. The van der Waals surface area contributed by atoms with E-state index in [1.165, 1.54) is 11.3 Å². The lowest BCUT2D eigenvalue weighted by Gasteiger charge is -2.35. The van der Waals surface area contributed by atoms with Crippen molar-refractivity contribution in [3.63, 3.8) is 0 Å². The summed E-state index contributed by atoms with van der Waals surface area (Å²) in [6.45, 7) is 16.9. The number of carbonyl (C=O) groups is 1. The molecule has 0 spiro atoms. The number of aromatic nitrogens is 2. The first kappa shape index (κ1) is 17.0. The van der Waals surface area contributed by atoms with Gasteiger partial charge in [0.05, 0.1) is 12.2 Å². The molecular formula is C18H31N3O. The van der Waals surface area contributed by atoms with Crippen LogP contribution < -0.4 is 0 Å². The third-order valence-electron chi connectivity index (χ3n) is 4.57. The van der Waals surface area contributed by atoms with Crippen molar-refractivity contribution in [2.45, 2.75) is 78.2 Å². The summed E-state index contributed by atoms with van der Waals surface area (Å²) in [6, 6.07) is 0.404. The number of hydrogen-bond donors (Lipinski definition) is 0. The summed E-state index contributed by atoms with van der Waals surface area (Å²) in [6.07, 6.45) is 4.04. The third-order valence-corrected chi connectivity index (χ3v) is 4.57. The van der Waals surface area contributed by atoms with Crippen molar-refractivity contribution in [1.29, 1.82) is 0 Å². The Bertz CT molecular complexity index is 538. The van der Waals surface area contributed by atoms with Gasteiger partial charge in [-0.25, -0.2) is 0 Å². The van der Waals surface area contributed by atoms with Gasteiger partial charge < -0.3 is 4.90 Å². The maximum absolute atomic E-state index is 11.5. The molecule has 0 aromatic carbocycles. The van der Waals surface area contributed by atoms with Crippen LogP contribution in [0, 0.1) is 0 Å². The van der Waals surface area contributed by atoms with Gasteiger partial charge in [-0.1, -0.05) is 41.5 Å². The Balaban J connectivity index is 2.33. The van der Waals surface area contributed by atoms with E-state index in [9.17, 15) is 4.79 Å². The molecule has 1 aromatic heterocycles. The molecule has 0 radical (unpaired) electrons. The molecule has 0 N–H and O–H groups in total. The summed E-state index contributed by atoms with van der Waals surface area (Å²) in [5, 5.41) is 4.76. The second kappa shape index (κ2) is 5.71. The van der Waals surface area contributed by atoms with Gasteiger partial charge in [0.15, 0.2) is 0 Å². The third kappa shape index (κ3) is 3.36. The highest BCUT2D eigenvalue weighted by atomic mass is 16.2. The van der Waals surface area contributed by atoms with Crippen LogP contribution in [0.2, 0.25) is 0 Å². The molecule has 22 heavy (non-hydrogen) atoms. The van der Waals surface area contributed by atoms with Gasteiger partial charge in [0.1, 0.15) is 0 Å². The number of hydrogen-bond acceptors (Lipinski definition) is 2. The Morgan fingerprint density at radius 1 is 1.09 bits per heavy atom. The molecule has 4 heteroatoms. The van der Waals surface area contributed by atoms with Gasteiger partial charge in [-0.2, -0.15) is 5.10 Å². The minimum Gasteiger partial charge on any atom is -0.343 e. The van der Waals surface area contributed by atoms with E-state index in [0.717, 1.165) is 25.9 Å². The molecule has 1 aromatic rings. The summed E-state index contributed by atoms with van der Waals surface area (Å²) >= 11 is 0. The van der Waals surface area contributed by atoms with Crippen LogP contribution in [0.15, 0.2) is 6.20 Å². The minimum atomic E-state index is 0.0663. The van der Waals surface area contributed by atoms with E-state index in [2.05, 4.69) is 52.4 Å². The van der Waals surface area contributed by atoms with Gasteiger partial charge in [-0.05, 0) is 23.8 Å². The first-order valence-corrected chi connectivity index (χ1v) is 8.36. The summed E-state index contributed by atoms with van der Waals surface area (Å²) in [4.78, 5) is 13.5. The standard InChI is InChI=1S/C18H31N3O/c1-13(22)20-10-8-14(9-11-20)21-16(18(5,6)7)15(12-19-21)17(2,3)4/h12,14H,8-11H2,1-7H3. The Kier molecular flexibility index (Phi) is 4.42.